The summed E-state index contributed by atoms with van der Waals surface area (Å²) >= 11 is 0. The molecular formula is C15H20. The van der Waals surface area contributed by atoms with E-state index in [0.29, 0.717) is 0 Å². The van der Waals surface area contributed by atoms with Crippen molar-refractivity contribution in [3.05, 3.63) is 47.5 Å². The molecule has 1 aromatic rings. The molecule has 0 heteroatoms. The fourth-order valence-corrected chi connectivity index (χ4v) is 2.66. The summed E-state index contributed by atoms with van der Waals surface area (Å²) < 4.78 is 0. The Labute approximate surface area is 93.0 Å². The molecule has 1 aromatic carbocycles. The molecule has 0 amide bonds. The van der Waals surface area contributed by atoms with Crippen LogP contribution in [-0.2, 0) is 12.8 Å². The predicted molar refractivity (Wildman–Crippen MR) is 66.0 cm³/mol. The molecule has 0 saturated carbocycles. The summed E-state index contributed by atoms with van der Waals surface area (Å²) in [7, 11) is 0. The van der Waals surface area contributed by atoms with Gasteiger partial charge in [0.05, 0.1) is 0 Å². The monoisotopic (exact) mass is 200 g/mol. The average Bonchev–Trinajstić information content (AvgIpc) is 2.59. The summed E-state index contributed by atoms with van der Waals surface area (Å²) in [6.45, 7) is 6.40. The molecule has 0 aliphatic heterocycles. The summed E-state index contributed by atoms with van der Waals surface area (Å²) in [6, 6.07) is 8.86. The van der Waals surface area contributed by atoms with E-state index in [1.165, 1.54) is 37.7 Å². The van der Waals surface area contributed by atoms with Gasteiger partial charge in [-0.1, -0.05) is 49.8 Å². The molecule has 2 rings (SSSR count). The highest BCUT2D eigenvalue weighted by atomic mass is 14.3. The van der Waals surface area contributed by atoms with Crippen LogP contribution in [0.1, 0.15) is 37.3 Å². The second kappa shape index (κ2) is 4.65. The van der Waals surface area contributed by atoms with E-state index in [4.69, 9.17) is 0 Å². The molecule has 15 heavy (non-hydrogen) atoms. The predicted octanol–water partition coefficient (Wildman–Crippen LogP) is 4.15. The molecule has 0 N–H and O–H groups in total. The lowest BCUT2D eigenvalue weighted by Gasteiger charge is -2.10. The highest BCUT2D eigenvalue weighted by molar-refractivity contribution is 5.32. The maximum atomic E-state index is 4.17. The topological polar surface area (TPSA) is 0 Å². The molecule has 1 aliphatic carbocycles. The SMILES string of the molecule is C=C(CCC)CC1Cc2ccccc2C1. The van der Waals surface area contributed by atoms with E-state index in [1.807, 2.05) is 0 Å². The van der Waals surface area contributed by atoms with Crippen LogP contribution in [0.3, 0.4) is 0 Å². The number of rotatable bonds is 4. The second-order valence-corrected chi connectivity index (χ2v) is 4.75. The van der Waals surface area contributed by atoms with E-state index in [9.17, 15) is 0 Å². The van der Waals surface area contributed by atoms with E-state index in [1.54, 1.807) is 11.1 Å². The van der Waals surface area contributed by atoms with Crippen LogP contribution < -0.4 is 0 Å². The van der Waals surface area contributed by atoms with Gasteiger partial charge in [-0.05, 0) is 42.7 Å². The zero-order valence-corrected chi connectivity index (χ0v) is 9.63. The third kappa shape index (κ3) is 2.50. The van der Waals surface area contributed by atoms with Gasteiger partial charge in [-0.3, -0.25) is 0 Å². The molecule has 0 fully saturated rings. The first kappa shape index (κ1) is 10.5. The maximum Gasteiger partial charge on any atom is -0.0241 e. The largest absolute Gasteiger partial charge is 0.0999 e. The van der Waals surface area contributed by atoms with Crippen molar-refractivity contribution in [2.45, 2.75) is 39.0 Å². The highest BCUT2D eigenvalue weighted by Gasteiger charge is 2.20. The lowest BCUT2D eigenvalue weighted by atomic mass is 9.95. The van der Waals surface area contributed by atoms with Crippen LogP contribution in [0.4, 0.5) is 0 Å². The molecule has 0 nitrogen and oxygen atoms in total. The standard InChI is InChI=1S/C15H20/c1-3-6-12(2)9-13-10-14-7-4-5-8-15(14)11-13/h4-5,7-8,13H,2-3,6,9-11H2,1H3. The Morgan fingerprint density at radius 1 is 1.27 bits per heavy atom. The van der Waals surface area contributed by atoms with Gasteiger partial charge in [0.1, 0.15) is 0 Å². The van der Waals surface area contributed by atoms with E-state index >= 15 is 0 Å². The van der Waals surface area contributed by atoms with Gasteiger partial charge in [0.15, 0.2) is 0 Å². The van der Waals surface area contributed by atoms with Crippen molar-refractivity contribution in [3.8, 4) is 0 Å². The minimum Gasteiger partial charge on any atom is -0.0999 e. The third-order valence-corrected chi connectivity index (χ3v) is 3.32. The van der Waals surface area contributed by atoms with Crippen LogP contribution in [0, 0.1) is 5.92 Å². The third-order valence-electron chi connectivity index (χ3n) is 3.32. The Hall–Kier alpha value is -1.04. The molecule has 0 radical (unpaired) electrons. The van der Waals surface area contributed by atoms with Crippen molar-refractivity contribution < 1.29 is 0 Å². The molecule has 1 aliphatic rings. The smallest absolute Gasteiger partial charge is 0.0241 e. The van der Waals surface area contributed by atoms with Crippen molar-refractivity contribution >= 4 is 0 Å². The first-order chi connectivity index (χ1) is 7.29. The van der Waals surface area contributed by atoms with Gasteiger partial charge in [0.2, 0.25) is 0 Å². The molecule has 0 aromatic heterocycles. The normalized spacial score (nSPS) is 15.3. The van der Waals surface area contributed by atoms with Crippen molar-refractivity contribution in [3.63, 3.8) is 0 Å². The molecule has 0 spiro atoms. The summed E-state index contributed by atoms with van der Waals surface area (Å²) in [4.78, 5) is 0. The van der Waals surface area contributed by atoms with E-state index < -0.39 is 0 Å². The van der Waals surface area contributed by atoms with Crippen molar-refractivity contribution in [2.24, 2.45) is 5.92 Å². The average molecular weight is 200 g/mol. The van der Waals surface area contributed by atoms with Crippen LogP contribution in [0.2, 0.25) is 0 Å². The second-order valence-electron chi connectivity index (χ2n) is 4.75. The Balaban J connectivity index is 1.93. The first-order valence-corrected chi connectivity index (χ1v) is 6.03. The number of benzene rings is 1. The number of hydrogen-bond acceptors (Lipinski definition) is 0. The van der Waals surface area contributed by atoms with Crippen LogP contribution in [-0.4, -0.2) is 0 Å². The van der Waals surface area contributed by atoms with Crippen molar-refractivity contribution in [2.75, 3.05) is 0 Å². The lowest BCUT2D eigenvalue weighted by Crippen LogP contribution is -2.00. The quantitative estimate of drug-likeness (QED) is 0.640. The highest BCUT2D eigenvalue weighted by Crippen LogP contribution is 2.30. The lowest BCUT2D eigenvalue weighted by molar-refractivity contribution is 0.545. The zero-order valence-electron chi connectivity index (χ0n) is 9.63. The molecule has 80 valence electrons. The summed E-state index contributed by atoms with van der Waals surface area (Å²) in [5.41, 5.74) is 4.56. The van der Waals surface area contributed by atoms with E-state index in [2.05, 4.69) is 37.8 Å². The molecule has 0 atom stereocenters. The molecular weight excluding hydrogens is 180 g/mol. The molecule has 0 saturated heterocycles. The molecule has 0 heterocycles. The van der Waals surface area contributed by atoms with Gasteiger partial charge >= 0.3 is 0 Å². The Bertz CT molecular complexity index is 324. The van der Waals surface area contributed by atoms with Gasteiger partial charge in [0.25, 0.3) is 0 Å². The van der Waals surface area contributed by atoms with Gasteiger partial charge in [0, 0.05) is 0 Å². The van der Waals surface area contributed by atoms with Crippen LogP contribution in [0.15, 0.2) is 36.4 Å². The maximum absolute atomic E-state index is 4.17. The Kier molecular flexibility index (Phi) is 3.25. The van der Waals surface area contributed by atoms with Crippen LogP contribution >= 0.6 is 0 Å². The van der Waals surface area contributed by atoms with Crippen molar-refractivity contribution in [1.82, 2.24) is 0 Å². The van der Waals surface area contributed by atoms with Gasteiger partial charge in [-0.15, -0.1) is 0 Å². The van der Waals surface area contributed by atoms with Gasteiger partial charge in [-0.2, -0.15) is 0 Å². The van der Waals surface area contributed by atoms with Gasteiger partial charge in [-0.25, -0.2) is 0 Å². The molecule has 0 unspecified atom stereocenters. The molecule has 0 bridgehead atoms. The fraction of sp³-hybridized carbons (Fsp3) is 0.467. The Morgan fingerprint density at radius 2 is 1.87 bits per heavy atom. The van der Waals surface area contributed by atoms with Crippen LogP contribution in [0.25, 0.3) is 0 Å². The first-order valence-electron chi connectivity index (χ1n) is 6.03. The van der Waals surface area contributed by atoms with Gasteiger partial charge < -0.3 is 0 Å². The minimum absolute atomic E-state index is 0.821. The van der Waals surface area contributed by atoms with Crippen LogP contribution in [0.5, 0.6) is 0 Å². The number of fused-ring (bicyclic) bond motifs is 1. The van der Waals surface area contributed by atoms with E-state index in [0.717, 1.165) is 5.92 Å². The van der Waals surface area contributed by atoms with E-state index in [-0.39, 0.29) is 0 Å². The summed E-state index contributed by atoms with van der Waals surface area (Å²) in [5.74, 6) is 0.821. The summed E-state index contributed by atoms with van der Waals surface area (Å²) in [6.07, 6.45) is 6.19. The fourth-order valence-electron chi connectivity index (χ4n) is 2.66. The number of allylic oxidation sites excluding steroid dienone is 1. The summed E-state index contributed by atoms with van der Waals surface area (Å²) in [5, 5.41) is 0. The minimum atomic E-state index is 0.821. The zero-order chi connectivity index (χ0) is 10.7. The number of hydrogen-bond donors (Lipinski definition) is 0. The van der Waals surface area contributed by atoms with Crippen molar-refractivity contribution in [1.29, 1.82) is 0 Å². The Morgan fingerprint density at radius 3 is 2.40 bits per heavy atom.